The standard InChI is InChI=1S/C21H22N2O5/c1-26-14-6-4-12(5-7-14)13-8-17-20(24)22-16-10-19(28-3)18(27-2)9-15(16)21(25)23(17)11-13/h4-7,9-11,17,20,22,24H,8H2,1-3H3/t17-,20-/m0/s1. The number of aliphatic hydroxyl groups excluding tert-OH is 1. The molecular formula is C21H22N2O5. The molecule has 2 aromatic carbocycles. The molecule has 0 aliphatic carbocycles. The third kappa shape index (κ3) is 2.93. The molecule has 7 heteroatoms. The minimum absolute atomic E-state index is 0.200. The number of anilines is 1. The fourth-order valence-corrected chi connectivity index (χ4v) is 3.68. The maximum atomic E-state index is 13.2. The summed E-state index contributed by atoms with van der Waals surface area (Å²) >= 11 is 0. The van der Waals surface area contributed by atoms with Crippen LogP contribution in [-0.4, -0.2) is 49.5 Å². The van der Waals surface area contributed by atoms with Gasteiger partial charge in [-0.05, 0) is 35.8 Å². The molecule has 0 radical (unpaired) electrons. The Balaban J connectivity index is 1.72. The second-order valence-corrected chi connectivity index (χ2v) is 6.71. The van der Waals surface area contributed by atoms with E-state index in [0.29, 0.717) is 29.2 Å². The van der Waals surface area contributed by atoms with Gasteiger partial charge in [0.2, 0.25) is 0 Å². The van der Waals surface area contributed by atoms with Crippen molar-refractivity contribution in [2.24, 2.45) is 0 Å². The van der Waals surface area contributed by atoms with Crippen LogP contribution in [0.4, 0.5) is 5.69 Å². The zero-order valence-electron chi connectivity index (χ0n) is 15.9. The number of rotatable bonds is 4. The fourth-order valence-electron chi connectivity index (χ4n) is 3.68. The number of fused-ring (bicyclic) bond motifs is 2. The van der Waals surface area contributed by atoms with Gasteiger partial charge in [0.25, 0.3) is 5.91 Å². The molecular weight excluding hydrogens is 360 g/mol. The third-order valence-corrected chi connectivity index (χ3v) is 5.20. The first kappa shape index (κ1) is 18.2. The van der Waals surface area contributed by atoms with E-state index in [1.807, 2.05) is 30.5 Å². The molecule has 2 atom stereocenters. The van der Waals surface area contributed by atoms with Gasteiger partial charge < -0.3 is 29.5 Å². The Bertz CT molecular complexity index is 939. The maximum Gasteiger partial charge on any atom is 0.260 e. The number of nitrogens with one attached hydrogen (secondary N) is 1. The predicted molar refractivity (Wildman–Crippen MR) is 105 cm³/mol. The van der Waals surface area contributed by atoms with E-state index in [1.54, 1.807) is 24.1 Å². The number of carbonyl (C=O) groups is 1. The van der Waals surface area contributed by atoms with Crippen molar-refractivity contribution in [1.29, 1.82) is 0 Å². The number of benzene rings is 2. The van der Waals surface area contributed by atoms with Crippen molar-refractivity contribution in [3.63, 3.8) is 0 Å². The number of aliphatic hydroxyl groups is 1. The van der Waals surface area contributed by atoms with Crippen LogP contribution in [0.1, 0.15) is 22.3 Å². The largest absolute Gasteiger partial charge is 0.497 e. The topological polar surface area (TPSA) is 80.3 Å². The molecule has 1 amide bonds. The summed E-state index contributed by atoms with van der Waals surface area (Å²) < 4.78 is 15.8. The molecule has 2 aromatic rings. The molecule has 4 rings (SSSR count). The molecule has 2 N–H and O–H groups in total. The van der Waals surface area contributed by atoms with Crippen molar-refractivity contribution in [3.05, 3.63) is 53.7 Å². The summed E-state index contributed by atoms with van der Waals surface area (Å²) in [5.41, 5.74) is 2.91. The highest BCUT2D eigenvalue weighted by atomic mass is 16.5. The summed E-state index contributed by atoms with van der Waals surface area (Å²) in [5.74, 6) is 1.52. The summed E-state index contributed by atoms with van der Waals surface area (Å²) in [4.78, 5) is 14.8. The molecule has 0 unspecified atom stereocenters. The van der Waals surface area contributed by atoms with Crippen molar-refractivity contribution in [2.75, 3.05) is 26.6 Å². The van der Waals surface area contributed by atoms with Gasteiger partial charge in [0.15, 0.2) is 11.5 Å². The predicted octanol–water partition coefficient (Wildman–Crippen LogP) is 2.71. The lowest BCUT2D eigenvalue weighted by molar-refractivity contribution is 0.0644. The van der Waals surface area contributed by atoms with Gasteiger partial charge in [-0.1, -0.05) is 12.1 Å². The molecule has 146 valence electrons. The first-order valence-corrected chi connectivity index (χ1v) is 8.94. The van der Waals surface area contributed by atoms with Crippen molar-refractivity contribution in [3.8, 4) is 17.2 Å². The van der Waals surface area contributed by atoms with Crippen LogP contribution in [-0.2, 0) is 0 Å². The number of hydrogen-bond acceptors (Lipinski definition) is 6. The summed E-state index contributed by atoms with van der Waals surface area (Å²) in [6.07, 6.45) is 1.43. The molecule has 2 aliphatic rings. The van der Waals surface area contributed by atoms with E-state index in [2.05, 4.69) is 5.32 Å². The third-order valence-electron chi connectivity index (χ3n) is 5.20. The van der Waals surface area contributed by atoms with Crippen molar-refractivity contribution >= 4 is 17.2 Å². The van der Waals surface area contributed by atoms with E-state index in [4.69, 9.17) is 14.2 Å². The number of carbonyl (C=O) groups excluding carboxylic acids is 1. The van der Waals surface area contributed by atoms with E-state index in [0.717, 1.165) is 16.9 Å². The van der Waals surface area contributed by atoms with Gasteiger partial charge in [-0.3, -0.25) is 4.79 Å². The van der Waals surface area contributed by atoms with Gasteiger partial charge in [-0.15, -0.1) is 0 Å². The monoisotopic (exact) mass is 382 g/mol. The molecule has 0 aromatic heterocycles. The molecule has 28 heavy (non-hydrogen) atoms. The highest BCUT2D eigenvalue weighted by Crippen LogP contribution is 2.40. The number of nitrogens with zero attached hydrogens (tertiary/aromatic N) is 1. The normalized spacial score (nSPS) is 20.5. The van der Waals surface area contributed by atoms with Crippen LogP contribution in [0.5, 0.6) is 17.2 Å². The Labute approximate surface area is 163 Å². The van der Waals surface area contributed by atoms with Gasteiger partial charge in [-0.25, -0.2) is 0 Å². The van der Waals surface area contributed by atoms with E-state index in [9.17, 15) is 9.90 Å². The zero-order valence-corrected chi connectivity index (χ0v) is 15.9. The Hall–Kier alpha value is -3.19. The van der Waals surface area contributed by atoms with Gasteiger partial charge in [0.1, 0.15) is 12.0 Å². The van der Waals surface area contributed by atoms with E-state index < -0.39 is 12.3 Å². The number of methoxy groups -OCH3 is 3. The first-order valence-electron chi connectivity index (χ1n) is 8.94. The lowest BCUT2D eigenvalue weighted by Gasteiger charge is -2.24. The minimum Gasteiger partial charge on any atom is -0.497 e. The van der Waals surface area contributed by atoms with Gasteiger partial charge >= 0.3 is 0 Å². The van der Waals surface area contributed by atoms with E-state index in [-0.39, 0.29) is 5.91 Å². The van der Waals surface area contributed by atoms with Gasteiger partial charge in [0.05, 0.1) is 38.6 Å². The smallest absolute Gasteiger partial charge is 0.260 e. The van der Waals surface area contributed by atoms with Crippen LogP contribution in [0, 0.1) is 0 Å². The van der Waals surface area contributed by atoms with Gasteiger partial charge in [0, 0.05) is 12.3 Å². The van der Waals surface area contributed by atoms with Crippen LogP contribution >= 0.6 is 0 Å². The highest BCUT2D eigenvalue weighted by molar-refractivity contribution is 6.03. The number of hydrogen-bond donors (Lipinski definition) is 2. The lowest BCUT2D eigenvalue weighted by atomic mass is 10.0. The molecule has 0 fully saturated rings. The van der Waals surface area contributed by atoms with Crippen LogP contribution in [0.15, 0.2) is 42.6 Å². The second kappa shape index (κ2) is 7.09. The summed E-state index contributed by atoms with van der Waals surface area (Å²) in [5, 5.41) is 13.8. The van der Waals surface area contributed by atoms with Crippen molar-refractivity contribution < 1.29 is 24.1 Å². The van der Waals surface area contributed by atoms with Crippen molar-refractivity contribution in [2.45, 2.75) is 18.7 Å². The molecule has 2 heterocycles. The number of amides is 1. The summed E-state index contributed by atoms with van der Waals surface area (Å²) in [7, 11) is 4.67. The minimum atomic E-state index is -0.921. The highest BCUT2D eigenvalue weighted by Gasteiger charge is 2.39. The maximum absolute atomic E-state index is 13.2. The van der Waals surface area contributed by atoms with Crippen molar-refractivity contribution in [1.82, 2.24) is 4.90 Å². The Morgan fingerprint density at radius 1 is 1.04 bits per heavy atom. The Morgan fingerprint density at radius 3 is 2.36 bits per heavy atom. The molecule has 7 nitrogen and oxygen atoms in total. The zero-order chi connectivity index (χ0) is 19.8. The van der Waals surface area contributed by atoms with Crippen LogP contribution in [0.2, 0.25) is 0 Å². The average Bonchev–Trinajstić information content (AvgIpc) is 3.15. The Morgan fingerprint density at radius 2 is 1.71 bits per heavy atom. The molecule has 2 aliphatic heterocycles. The van der Waals surface area contributed by atoms with Gasteiger partial charge in [-0.2, -0.15) is 0 Å². The lowest BCUT2D eigenvalue weighted by Crippen LogP contribution is -2.42. The van der Waals surface area contributed by atoms with E-state index >= 15 is 0 Å². The fraction of sp³-hybridized carbons (Fsp3) is 0.286. The summed E-state index contributed by atoms with van der Waals surface area (Å²) in [6.45, 7) is 0. The second-order valence-electron chi connectivity index (χ2n) is 6.71. The first-order chi connectivity index (χ1) is 13.5. The van der Waals surface area contributed by atoms with Crippen LogP contribution in [0.3, 0.4) is 0 Å². The van der Waals surface area contributed by atoms with Crippen LogP contribution < -0.4 is 19.5 Å². The SMILES string of the molecule is COc1ccc(C2=CN3C(=O)c4cc(OC)c(OC)cc4N[C@@H](O)[C@@H]3C2)cc1. The molecule has 0 spiro atoms. The summed E-state index contributed by atoms with van der Waals surface area (Å²) in [6, 6.07) is 10.6. The number of ether oxygens (including phenoxy) is 3. The molecule has 0 bridgehead atoms. The average molecular weight is 382 g/mol. The Kier molecular flexibility index (Phi) is 4.60. The van der Waals surface area contributed by atoms with Crippen LogP contribution in [0.25, 0.3) is 5.57 Å². The molecule has 0 saturated heterocycles. The molecule has 0 saturated carbocycles. The van der Waals surface area contributed by atoms with E-state index in [1.165, 1.54) is 14.2 Å². The quantitative estimate of drug-likeness (QED) is 0.846.